The van der Waals surface area contributed by atoms with Crippen molar-refractivity contribution in [1.29, 1.82) is 0 Å². The Morgan fingerprint density at radius 3 is 2.42 bits per heavy atom. The highest BCUT2D eigenvalue weighted by Crippen LogP contribution is 2.35. The van der Waals surface area contributed by atoms with E-state index < -0.39 is 15.1 Å². The molecule has 2 aromatic rings. The Kier molecular flexibility index (Phi) is 3.57. The molecule has 1 amide bonds. The minimum Gasteiger partial charge on any atom is -0.457 e. The average Bonchev–Trinajstić information content (AvgIpc) is 3.12. The number of benzene rings is 2. The van der Waals surface area contributed by atoms with Crippen LogP contribution in [0.5, 0.6) is 11.5 Å². The Morgan fingerprint density at radius 2 is 1.75 bits per heavy atom. The number of rotatable bonds is 3. The van der Waals surface area contributed by atoms with E-state index in [1.165, 1.54) is 0 Å². The van der Waals surface area contributed by atoms with Gasteiger partial charge in [-0.2, -0.15) is 0 Å². The molecule has 0 radical (unpaired) electrons. The molecular weight excluding hydrogens is 326 g/mol. The fraction of sp³-hybridized carbons (Fsp3) is 0.278. The van der Waals surface area contributed by atoms with Crippen molar-refractivity contribution in [3.05, 3.63) is 60.2 Å². The SMILES string of the molecule is O=C(c1ccccc1Oc1ccccc1)N1CC2CC1CS2(=O)=O. The molecule has 2 bridgehead atoms. The van der Waals surface area contributed by atoms with Crippen LogP contribution in [0.25, 0.3) is 0 Å². The molecule has 2 atom stereocenters. The topological polar surface area (TPSA) is 63.7 Å². The second-order valence-electron chi connectivity index (χ2n) is 6.21. The van der Waals surface area contributed by atoms with Gasteiger partial charge in [-0.15, -0.1) is 0 Å². The normalized spacial score (nSPS) is 24.1. The fourth-order valence-corrected chi connectivity index (χ4v) is 5.47. The van der Waals surface area contributed by atoms with Crippen molar-refractivity contribution >= 4 is 15.7 Å². The van der Waals surface area contributed by atoms with Crippen LogP contribution in [-0.2, 0) is 9.84 Å². The minimum atomic E-state index is -3.02. The molecule has 0 spiro atoms. The van der Waals surface area contributed by atoms with Crippen LogP contribution < -0.4 is 4.74 Å². The van der Waals surface area contributed by atoms with E-state index in [1.54, 1.807) is 23.1 Å². The molecule has 6 heteroatoms. The zero-order valence-corrected chi connectivity index (χ0v) is 13.8. The quantitative estimate of drug-likeness (QED) is 0.859. The van der Waals surface area contributed by atoms with Crippen molar-refractivity contribution in [2.24, 2.45) is 0 Å². The molecule has 2 heterocycles. The van der Waals surface area contributed by atoms with Gasteiger partial charge in [0.25, 0.3) is 5.91 Å². The van der Waals surface area contributed by atoms with Crippen molar-refractivity contribution in [3.8, 4) is 11.5 Å². The van der Waals surface area contributed by atoms with Crippen molar-refractivity contribution in [2.45, 2.75) is 17.7 Å². The minimum absolute atomic E-state index is 0.0745. The third-order valence-corrected chi connectivity index (χ3v) is 6.86. The van der Waals surface area contributed by atoms with Gasteiger partial charge in [0.15, 0.2) is 9.84 Å². The molecule has 2 saturated heterocycles. The van der Waals surface area contributed by atoms with Gasteiger partial charge in [0, 0.05) is 12.6 Å². The number of para-hydroxylation sites is 2. The van der Waals surface area contributed by atoms with Gasteiger partial charge < -0.3 is 9.64 Å². The third kappa shape index (κ3) is 2.57. The van der Waals surface area contributed by atoms with Gasteiger partial charge in [-0.05, 0) is 30.7 Å². The van der Waals surface area contributed by atoms with E-state index in [9.17, 15) is 13.2 Å². The van der Waals surface area contributed by atoms with Crippen molar-refractivity contribution < 1.29 is 17.9 Å². The van der Waals surface area contributed by atoms with Gasteiger partial charge in [0.2, 0.25) is 0 Å². The number of ether oxygens (including phenoxy) is 1. The molecule has 4 rings (SSSR count). The maximum Gasteiger partial charge on any atom is 0.257 e. The number of sulfone groups is 1. The monoisotopic (exact) mass is 343 g/mol. The van der Waals surface area contributed by atoms with Crippen molar-refractivity contribution in [3.63, 3.8) is 0 Å². The Hall–Kier alpha value is -2.34. The van der Waals surface area contributed by atoms with Crippen LogP contribution >= 0.6 is 0 Å². The molecule has 0 aliphatic carbocycles. The summed E-state index contributed by atoms with van der Waals surface area (Å²) in [4.78, 5) is 14.6. The Morgan fingerprint density at radius 1 is 1.04 bits per heavy atom. The van der Waals surface area contributed by atoms with Crippen LogP contribution in [0.4, 0.5) is 0 Å². The van der Waals surface area contributed by atoms with Gasteiger partial charge in [0.05, 0.1) is 16.6 Å². The lowest BCUT2D eigenvalue weighted by atomic mass is 10.1. The van der Waals surface area contributed by atoms with Crippen molar-refractivity contribution in [2.75, 3.05) is 12.3 Å². The molecule has 2 unspecified atom stereocenters. The first-order valence-electron chi connectivity index (χ1n) is 7.89. The molecule has 2 aromatic carbocycles. The van der Waals surface area contributed by atoms with E-state index in [0.717, 1.165) is 0 Å². The molecule has 2 fully saturated rings. The predicted molar refractivity (Wildman–Crippen MR) is 90.0 cm³/mol. The van der Waals surface area contributed by atoms with E-state index >= 15 is 0 Å². The number of carbonyl (C=O) groups is 1. The predicted octanol–water partition coefficient (Wildman–Crippen LogP) is 2.49. The lowest BCUT2D eigenvalue weighted by Crippen LogP contribution is -2.44. The van der Waals surface area contributed by atoms with Crippen LogP contribution in [-0.4, -0.2) is 42.8 Å². The van der Waals surface area contributed by atoms with E-state index in [0.29, 0.717) is 23.5 Å². The van der Waals surface area contributed by atoms with Gasteiger partial charge in [-0.3, -0.25) is 4.79 Å². The number of likely N-dealkylation sites (tertiary alicyclic amines) is 1. The molecule has 2 aliphatic heterocycles. The molecule has 0 saturated carbocycles. The molecule has 0 N–H and O–H groups in total. The molecule has 2 aliphatic rings. The number of carbonyl (C=O) groups excluding carboxylic acids is 1. The van der Waals surface area contributed by atoms with Gasteiger partial charge >= 0.3 is 0 Å². The van der Waals surface area contributed by atoms with E-state index in [4.69, 9.17) is 4.74 Å². The Labute approximate surface area is 140 Å². The number of amides is 1. The lowest BCUT2D eigenvalue weighted by molar-refractivity contribution is 0.0743. The lowest BCUT2D eigenvalue weighted by Gasteiger charge is -2.27. The number of fused-ring (bicyclic) bond motifs is 2. The summed E-state index contributed by atoms with van der Waals surface area (Å²) >= 11 is 0. The van der Waals surface area contributed by atoms with Crippen LogP contribution in [0.15, 0.2) is 54.6 Å². The number of hydrogen-bond donors (Lipinski definition) is 0. The fourth-order valence-electron chi connectivity index (χ4n) is 3.45. The average molecular weight is 343 g/mol. The van der Waals surface area contributed by atoms with E-state index in [2.05, 4.69) is 0 Å². The summed E-state index contributed by atoms with van der Waals surface area (Å²) in [6, 6.07) is 16.1. The maximum atomic E-state index is 12.9. The Balaban J connectivity index is 1.60. The van der Waals surface area contributed by atoms with E-state index in [1.807, 2.05) is 36.4 Å². The standard InChI is InChI=1S/C18H17NO4S/c20-18(19-11-15-10-13(19)12-24(15,21)22)16-8-4-5-9-17(16)23-14-6-2-1-3-7-14/h1-9,13,15H,10-12H2. The summed E-state index contributed by atoms with van der Waals surface area (Å²) in [5.41, 5.74) is 0.464. The summed E-state index contributed by atoms with van der Waals surface area (Å²) < 4.78 is 29.6. The highest BCUT2D eigenvalue weighted by atomic mass is 32.2. The molecule has 124 valence electrons. The summed E-state index contributed by atoms with van der Waals surface area (Å²) in [7, 11) is -3.02. The zero-order valence-electron chi connectivity index (χ0n) is 13.0. The van der Waals surface area contributed by atoms with Crippen LogP contribution in [0, 0.1) is 0 Å². The first-order valence-corrected chi connectivity index (χ1v) is 9.60. The third-order valence-electron chi connectivity index (χ3n) is 4.66. The smallest absolute Gasteiger partial charge is 0.257 e. The molecule has 0 aromatic heterocycles. The van der Waals surface area contributed by atoms with Crippen LogP contribution in [0.3, 0.4) is 0 Å². The number of nitrogens with zero attached hydrogens (tertiary/aromatic N) is 1. The van der Waals surface area contributed by atoms with E-state index in [-0.39, 0.29) is 24.2 Å². The Bertz CT molecular complexity index is 879. The highest BCUT2D eigenvalue weighted by molar-refractivity contribution is 7.92. The van der Waals surface area contributed by atoms with Crippen molar-refractivity contribution in [1.82, 2.24) is 4.90 Å². The zero-order chi connectivity index (χ0) is 16.7. The molecular formula is C18H17NO4S. The molecule has 5 nitrogen and oxygen atoms in total. The second-order valence-corrected chi connectivity index (χ2v) is 8.54. The van der Waals surface area contributed by atoms with Gasteiger partial charge in [0.1, 0.15) is 11.5 Å². The summed E-state index contributed by atoms with van der Waals surface area (Å²) in [6.45, 7) is 0.283. The summed E-state index contributed by atoms with van der Waals surface area (Å²) in [6.07, 6.45) is 0.551. The van der Waals surface area contributed by atoms with Gasteiger partial charge in [-0.25, -0.2) is 8.42 Å². The second kappa shape index (κ2) is 5.63. The van der Waals surface area contributed by atoms with Crippen LogP contribution in [0.1, 0.15) is 16.8 Å². The summed E-state index contributed by atoms with van der Waals surface area (Å²) in [5.74, 6) is 1.05. The maximum absolute atomic E-state index is 12.9. The largest absolute Gasteiger partial charge is 0.457 e. The first-order chi connectivity index (χ1) is 11.5. The number of hydrogen-bond acceptors (Lipinski definition) is 4. The van der Waals surface area contributed by atoms with Gasteiger partial charge in [-0.1, -0.05) is 30.3 Å². The molecule has 24 heavy (non-hydrogen) atoms. The highest BCUT2D eigenvalue weighted by Gasteiger charge is 2.50. The first kappa shape index (κ1) is 15.2. The van der Waals surface area contributed by atoms with Crippen LogP contribution in [0.2, 0.25) is 0 Å². The summed E-state index contributed by atoms with van der Waals surface area (Å²) in [5, 5.41) is -0.409.